The molecule has 0 spiro atoms. The number of hydrogen-bond acceptors (Lipinski definition) is 6. The number of H-pyrrole nitrogens is 2. The summed E-state index contributed by atoms with van der Waals surface area (Å²) < 4.78 is 5.45. The molecule has 0 aliphatic carbocycles. The van der Waals surface area contributed by atoms with Crippen molar-refractivity contribution < 1.29 is 4.74 Å². The predicted molar refractivity (Wildman–Crippen MR) is 127 cm³/mol. The van der Waals surface area contributed by atoms with Crippen LogP contribution < -0.4 is 5.56 Å². The number of pyridine rings is 1. The monoisotopic (exact) mass is 438 g/mol. The summed E-state index contributed by atoms with van der Waals surface area (Å²) in [7, 11) is 0. The third kappa shape index (κ3) is 3.79. The summed E-state index contributed by atoms with van der Waals surface area (Å²) in [6.07, 6.45) is 3.80. The van der Waals surface area contributed by atoms with E-state index in [0.717, 1.165) is 54.9 Å². The summed E-state index contributed by atoms with van der Waals surface area (Å²) in [6.45, 7) is 4.28. The van der Waals surface area contributed by atoms with Crippen LogP contribution in [0.3, 0.4) is 0 Å². The maximum Gasteiger partial charge on any atom is 0.259 e. The molecule has 33 heavy (non-hydrogen) atoms. The zero-order valence-corrected chi connectivity index (χ0v) is 17.9. The third-order valence-electron chi connectivity index (χ3n) is 6.04. The summed E-state index contributed by atoms with van der Waals surface area (Å²) in [5.41, 5.74) is 5.20. The molecule has 2 N–H and O–H groups in total. The van der Waals surface area contributed by atoms with Crippen LogP contribution in [0.15, 0.2) is 65.7 Å². The van der Waals surface area contributed by atoms with E-state index >= 15 is 0 Å². The lowest BCUT2D eigenvalue weighted by Crippen LogP contribution is -2.35. The molecule has 0 atom stereocenters. The van der Waals surface area contributed by atoms with Crippen LogP contribution in [0.2, 0.25) is 0 Å². The molecule has 164 valence electrons. The van der Waals surface area contributed by atoms with E-state index in [2.05, 4.69) is 48.2 Å². The van der Waals surface area contributed by atoms with E-state index in [-0.39, 0.29) is 5.56 Å². The van der Waals surface area contributed by atoms with E-state index in [1.54, 1.807) is 6.07 Å². The summed E-state index contributed by atoms with van der Waals surface area (Å²) in [4.78, 5) is 26.9. The molecule has 0 amide bonds. The average Bonchev–Trinajstić information content (AvgIpc) is 3.28. The SMILES string of the molecule is O=c1[nH]c(-c2n[nH]c3ccc(-c4cncc(CN5CCOCC5)c4)cc23)nc2ccccc12. The molecular weight excluding hydrogens is 416 g/mol. The lowest BCUT2D eigenvalue weighted by Gasteiger charge is -2.26. The fourth-order valence-electron chi connectivity index (χ4n) is 4.32. The van der Waals surface area contributed by atoms with Crippen LogP contribution in [0.1, 0.15) is 5.56 Å². The molecule has 1 aliphatic rings. The molecule has 0 saturated carbocycles. The van der Waals surface area contributed by atoms with E-state index in [9.17, 15) is 4.79 Å². The van der Waals surface area contributed by atoms with Crippen molar-refractivity contribution >= 4 is 21.8 Å². The summed E-state index contributed by atoms with van der Waals surface area (Å²) in [6, 6.07) is 15.6. The Bertz CT molecular complexity index is 1520. The van der Waals surface area contributed by atoms with Crippen LogP contribution in [0, 0.1) is 0 Å². The van der Waals surface area contributed by atoms with Crippen molar-refractivity contribution in [2.75, 3.05) is 26.3 Å². The van der Waals surface area contributed by atoms with Gasteiger partial charge in [-0.3, -0.25) is 19.8 Å². The summed E-state index contributed by atoms with van der Waals surface area (Å²) >= 11 is 0. The molecule has 6 rings (SSSR count). The second-order valence-corrected chi connectivity index (χ2v) is 8.23. The van der Waals surface area contributed by atoms with Crippen molar-refractivity contribution in [2.45, 2.75) is 6.54 Å². The molecule has 5 aromatic rings. The number of morpholine rings is 1. The van der Waals surface area contributed by atoms with E-state index in [0.29, 0.717) is 22.4 Å². The van der Waals surface area contributed by atoms with Gasteiger partial charge >= 0.3 is 0 Å². The van der Waals surface area contributed by atoms with Crippen molar-refractivity contribution in [3.8, 4) is 22.6 Å². The van der Waals surface area contributed by atoms with Gasteiger partial charge in [0.1, 0.15) is 5.69 Å². The van der Waals surface area contributed by atoms with E-state index < -0.39 is 0 Å². The molecule has 1 saturated heterocycles. The highest BCUT2D eigenvalue weighted by molar-refractivity contribution is 5.95. The molecule has 0 radical (unpaired) electrons. The number of benzene rings is 2. The third-order valence-corrected chi connectivity index (χ3v) is 6.04. The van der Waals surface area contributed by atoms with Crippen LogP contribution >= 0.6 is 0 Å². The molecule has 8 heteroatoms. The molecule has 1 fully saturated rings. The maximum absolute atomic E-state index is 12.6. The fourth-order valence-corrected chi connectivity index (χ4v) is 4.32. The lowest BCUT2D eigenvalue weighted by molar-refractivity contribution is 0.0341. The molecule has 0 unspecified atom stereocenters. The molecule has 4 heterocycles. The van der Waals surface area contributed by atoms with E-state index in [1.807, 2.05) is 36.7 Å². The number of para-hydroxylation sites is 1. The number of aromatic amines is 2. The number of hydrogen-bond donors (Lipinski definition) is 2. The Labute approximate surface area is 189 Å². The molecular formula is C25H22N6O2. The standard InChI is InChI=1S/C25H22N6O2/c32-25-19-3-1-2-4-21(19)27-24(28-25)23-20-12-17(5-6-22(20)29-30-23)18-11-16(13-26-14-18)15-31-7-9-33-10-8-31/h1-6,11-14H,7-10,15H2,(H,29,30)(H,27,28,32). The highest BCUT2D eigenvalue weighted by Gasteiger charge is 2.15. The normalized spacial score (nSPS) is 14.8. The quantitative estimate of drug-likeness (QED) is 0.446. The zero-order chi connectivity index (χ0) is 22.2. The van der Waals surface area contributed by atoms with Crippen LogP contribution in [0.5, 0.6) is 0 Å². The maximum atomic E-state index is 12.6. The van der Waals surface area contributed by atoms with Gasteiger partial charge in [0, 0.05) is 43.0 Å². The van der Waals surface area contributed by atoms with Gasteiger partial charge in [-0.2, -0.15) is 5.10 Å². The number of nitrogens with zero attached hydrogens (tertiary/aromatic N) is 4. The minimum absolute atomic E-state index is 0.178. The summed E-state index contributed by atoms with van der Waals surface area (Å²) in [5, 5.41) is 8.96. The number of fused-ring (bicyclic) bond motifs is 2. The van der Waals surface area contributed by atoms with Crippen LogP contribution in [0.4, 0.5) is 0 Å². The van der Waals surface area contributed by atoms with Gasteiger partial charge in [-0.25, -0.2) is 4.98 Å². The Balaban J connectivity index is 1.38. The van der Waals surface area contributed by atoms with Gasteiger partial charge in [-0.15, -0.1) is 0 Å². The second-order valence-electron chi connectivity index (χ2n) is 8.23. The Morgan fingerprint density at radius 1 is 0.970 bits per heavy atom. The number of ether oxygens (including phenoxy) is 1. The average molecular weight is 438 g/mol. The van der Waals surface area contributed by atoms with E-state index in [4.69, 9.17) is 4.74 Å². The molecule has 0 bridgehead atoms. The smallest absolute Gasteiger partial charge is 0.259 e. The minimum atomic E-state index is -0.178. The van der Waals surface area contributed by atoms with Crippen LogP contribution in [0.25, 0.3) is 44.5 Å². The van der Waals surface area contributed by atoms with Gasteiger partial charge in [-0.05, 0) is 41.5 Å². The molecule has 8 nitrogen and oxygen atoms in total. The highest BCUT2D eigenvalue weighted by Crippen LogP contribution is 2.29. The number of aromatic nitrogens is 5. The van der Waals surface area contributed by atoms with Gasteiger partial charge < -0.3 is 9.72 Å². The molecule has 2 aromatic carbocycles. The van der Waals surface area contributed by atoms with Crippen LogP contribution in [-0.2, 0) is 11.3 Å². The first-order valence-corrected chi connectivity index (χ1v) is 11.0. The van der Waals surface area contributed by atoms with Gasteiger partial charge in [0.15, 0.2) is 5.82 Å². The first kappa shape index (κ1) is 19.8. The number of rotatable bonds is 4. The van der Waals surface area contributed by atoms with Crippen molar-refractivity contribution in [3.05, 3.63) is 76.8 Å². The Kier molecular flexibility index (Phi) is 4.93. The topological polar surface area (TPSA) is 99.8 Å². The van der Waals surface area contributed by atoms with Crippen molar-refractivity contribution in [1.82, 2.24) is 30.0 Å². The van der Waals surface area contributed by atoms with Crippen molar-refractivity contribution in [3.63, 3.8) is 0 Å². The van der Waals surface area contributed by atoms with Gasteiger partial charge in [0.25, 0.3) is 5.56 Å². The predicted octanol–water partition coefficient (Wildman–Crippen LogP) is 3.36. The van der Waals surface area contributed by atoms with Gasteiger partial charge in [0.05, 0.1) is 29.6 Å². The molecule has 1 aliphatic heterocycles. The fraction of sp³-hybridized carbons (Fsp3) is 0.200. The minimum Gasteiger partial charge on any atom is -0.379 e. The Morgan fingerprint density at radius 3 is 2.76 bits per heavy atom. The van der Waals surface area contributed by atoms with Gasteiger partial charge in [-0.1, -0.05) is 18.2 Å². The van der Waals surface area contributed by atoms with E-state index in [1.165, 1.54) is 5.56 Å². The van der Waals surface area contributed by atoms with Crippen molar-refractivity contribution in [2.24, 2.45) is 0 Å². The first-order valence-electron chi connectivity index (χ1n) is 11.0. The first-order chi connectivity index (χ1) is 16.2. The summed E-state index contributed by atoms with van der Waals surface area (Å²) in [5.74, 6) is 0.446. The van der Waals surface area contributed by atoms with Crippen molar-refractivity contribution in [1.29, 1.82) is 0 Å². The highest BCUT2D eigenvalue weighted by atomic mass is 16.5. The Morgan fingerprint density at radius 2 is 1.85 bits per heavy atom. The lowest BCUT2D eigenvalue weighted by atomic mass is 10.0. The van der Waals surface area contributed by atoms with Crippen LogP contribution in [-0.4, -0.2) is 56.4 Å². The second kappa shape index (κ2) is 8.23. The Hall–Kier alpha value is -3.88. The zero-order valence-electron chi connectivity index (χ0n) is 17.9. The van der Waals surface area contributed by atoms with Gasteiger partial charge in [0.2, 0.25) is 0 Å². The largest absolute Gasteiger partial charge is 0.379 e. The molecule has 3 aromatic heterocycles. The number of nitrogens with one attached hydrogen (secondary N) is 2.